The summed E-state index contributed by atoms with van der Waals surface area (Å²) in [6.45, 7) is 2.85. The minimum atomic E-state index is -0.110. The van der Waals surface area contributed by atoms with Crippen molar-refractivity contribution in [1.29, 1.82) is 0 Å². The van der Waals surface area contributed by atoms with Crippen molar-refractivity contribution in [3.8, 4) is 5.75 Å². The van der Waals surface area contributed by atoms with Crippen molar-refractivity contribution < 1.29 is 9.53 Å². The molecule has 1 saturated heterocycles. The minimum Gasteiger partial charge on any atom is -0.497 e. The summed E-state index contributed by atoms with van der Waals surface area (Å²) >= 11 is 7.99. The van der Waals surface area contributed by atoms with Gasteiger partial charge in [-0.05, 0) is 19.1 Å². The van der Waals surface area contributed by atoms with Crippen molar-refractivity contribution in [2.45, 2.75) is 11.8 Å². The summed E-state index contributed by atoms with van der Waals surface area (Å²) < 4.78 is 5.79. The number of carbonyl (C=O) groups is 1. The van der Waals surface area contributed by atoms with Crippen LogP contribution < -0.4 is 15.0 Å². The third-order valence-electron chi connectivity index (χ3n) is 3.04. The smallest absolute Gasteiger partial charge is 0.266 e. The van der Waals surface area contributed by atoms with Crippen LogP contribution in [0.5, 0.6) is 5.75 Å². The Hall–Kier alpha value is -1.18. The Morgan fingerprint density at radius 2 is 2.20 bits per heavy atom. The molecule has 1 fully saturated rings. The predicted molar refractivity (Wildman–Crippen MR) is 87.2 cm³/mol. The number of hydrogen-bond acceptors (Lipinski definition) is 6. The van der Waals surface area contributed by atoms with Crippen LogP contribution in [0.25, 0.3) is 0 Å². The highest BCUT2D eigenvalue weighted by molar-refractivity contribution is 8.27. The second-order valence-electron chi connectivity index (χ2n) is 4.16. The van der Waals surface area contributed by atoms with Crippen LogP contribution in [0, 0.1) is 0 Å². The Balaban J connectivity index is 2.07. The van der Waals surface area contributed by atoms with Gasteiger partial charge in [0.05, 0.1) is 12.8 Å². The monoisotopic (exact) mass is 324 g/mol. The van der Waals surface area contributed by atoms with Crippen LogP contribution in [0.1, 0.15) is 6.92 Å². The Labute approximate surface area is 130 Å². The van der Waals surface area contributed by atoms with E-state index in [2.05, 4.69) is 17.1 Å². The second-order valence-corrected chi connectivity index (χ2v) is 6.88. The molecular weight excluding hydrogens is 312 g/mol. The first kappa shape index (κ1) is 13.8. The van der Waals surface area contributed by atoms with E-state index in [1.54, 1.807) is 18.9 Å². The number of carbonyl (C=O) groups excluding carboxylic acids is 1. The average molecular weight is 324 g/mol. The van der Waals surface area contributed by atoms with E-state index in [0.29, 0.717) is 9.23 Å². The molecule has 2 aliphatic rings. The number of nitrogens with one attached hydrogen (secondary N) is 1. The quantitative estimate of drug-likeness (QED) is 0.666. The van der Waals surface area contributed by atoms with Gasteiger partial charge in [-0.3, -0.25) is 4.79 Å². The fraction of sp³-hybridized carbons (Fsp3) is 0.231. The number of ether oxygens (including phenoxy) is 1. The van der Waals surface area contributed by atoms with Gasteiger partial charge in [0.2, 0.25) is 0 Å². The van der Waals surface area contributed by atoms with E-state index in [-0.39, 0.29) is 5.91 Å². The number of nitrogens with zero attached hydrogens (tertiary/aromatic N) is 1. The molecule has 4 nitrogen and oxygen atoms in total. The summed E-state index contributed by atoms with van der Waals surface area (Å²) in [4.78, 5) is 15.9. The van der Waals surface area contributed by atoms with Gasteiger partial charge in [-0.1, -0.05) is 35.7 Å². The van der Waals surface area contributed by atoms with E-state index in [9.17, 15) is 4.79 Å². The zero-order valence-corrected chi connectivity index (χ0v) is 13.4. The van der Waals surface area contributed by atoms with Crippen molar-refractivity contribution in [2.75, 3.05) is 18.6 Å². The summed E-state index contributed by atoms with van der Waals surface area (Å²) in [6, 6.07) is 5.94. The highest BCUT2D eigenvalue weighted by atomic mass is 32.2. The maximum atomic E-state index is 12.0. The molecule has 2 aliphatic heterocycles. The number of rotatable bonds is 2. The molecule has 1 aromatic rings. The summed E-state index contributed by atoms with van der Waals surface area (Å²) in [5.74, 6) is 0.703. The van der Waals surface area contributed by atoms with Crippen LogP contribution in [-0.2, 0) is 4.79 Å². The van der Waals surface area contributed by atoms with Gasteiger partial charge in [0.15, 0.2) is 0 Å². The zero-order valence-electron chi connectivity index (χ0n) is 10.9. The van der Waals surface area contributed by atoms with Crippen LogP contribution in [-0.4, -0.2) is 23.9 Å². The first-order valence-corrected chi connectivity index (χ1v) is 8.09. The second kappa shape index (κ2) is 5.31. The number of benzene rings is 1. The number of fused-ring (bicyclic) bond motifs is 1. The maximum absolute atomic E-state index is 12.0. The van der Waals surface area contributed by atoms with Crippen molar-refractivity contribution in [3.05, 3.63) is 28.1 Å². The van der Waals surface area contributed by atoms with Gasteiger partial charge in [0.25, 0.3) is 5.91 Å². The maximum Gasteiger partial charge on any atom is 0.266 e. The largest absolute Gasteiger partial charge is 0.497 e. The van der Waals surface area contributed by atoms with Crippen LogP contribution in [0.15, 0.2) is 33.0 Å². The fourth-order valence-electron chi connectivity index (χ4n) is 2.13. The molecule has 1 amide bonds. The number of thiocarbonyl (C=S) groups is 1. The Bertz CT molecular complexity index is 643. The van der Waals surface area contributed by atoms with Gasteiger partial charge in [0, 0.05) is 17.5 Å². The van der Waals surface area contributed by atoms with E-state index in [1.807, 2.05) is 18.2 Å². The molecule has 7 heteroatoms. The first-order valence-electron chi connectivity index (χ1n) is 6.05. The van der Waals surface area contributed by atoms with Crippen LogP contribution in [0.4, 0.5) is 5.69 Å². The molecule has 0 atom stereocenters. The molecule has 2 heterocycles. The number of amides is 1. The summed E-state index contributed by atoms with van der Waals surface area (Å²) in [5.41, 5.74) is 1.07. The normalized spacial score (nSPS) is 21.2. The SMILES string of the molecule is CCN1/C(=C2/SC(=S)NC2=O)Sc2ccc(OC)cc21. The van der Waals surface area contributed by atoms with Gasteiger partial charge in [-0.25, -0.2) is 0 Å². The average Bonchev–Trinajstić information content (AvgIpc) is 2.96. The lowest BCUT2D eigenvalue weighted by Crippen LogP contribution is -2.22. The Morgan fingerprint density at radius 1 is 1.40 bits per heavy atom. The van der Waals surface area contributed by atoms with E-state index in [1.165, 1.54) is 11.8 Å². The summed E-state index contributed by atoms with van der Waals surface area (Å²) in [6.07, 6.45) is 0. The Morgan fingerprint density at radius 3 is 2.80 bits per heavy atom. The van der Waals surface area contributed by atoms with E-state index >= 15 is 0 Å². The lowest BCUT2D eigenvalue weighted by molar-refractivity contribution is -0.115. The first-order chi connectivity index (χ1) is 9.63. The lowest BCUT2D eigenvalue weighted by Gasteiger charge is -2.19. The van der Waals surface area contributed by atoms with Gasteiger partial charge < -0.3 is 15.0 Å². The molecule has 3 rings (SSSR count). The summed E-state index contributed by atoms with van der Waals surface area (Å²) in [5, 5.41) is 3.61. The molecule has 1 N–H and O–H groups in total. The molecule has 20 heavy (non-hydrogen) atoms. The minimum absolute atomic E-state index is 0.110. The van der Waals surface area contributed by atoms with E-state index in [0.717, 1.165) is 27.9 Å². The van der Waals surface area contributed by atoms with Gasteiger partial charge >= 0.3 is 0 Å². The van der Waals surface area contributed by atoms with Crippen LogP contribution in [0.3, 0.4) is 0 Å². The van der Waals surface area contributed by atoms with Gasteiger partial charge in [-0.15, -0.1) is 0 Å². The number of hydrogen-bond donors (Lipinski definition) is 1. The Kier molecular flexibility index (Phi) is 3.66. The van der Waals surface area contributed by atoms with Crippen molar-refractivity contribution in [2.24, 2.45) is 0 Å². The van der Waals surface area contributed by atoms with Crippen molar-refractivity contribution in [1.82, 2.24) is 5.32 Å². The van der Waals surface area contributed by atoms with E-state index < -0.39 is 0 Å². The molecule has 0 radical (unpaired) electrons. The van der Waals surface area contributed by atoms with Gasteiger partial charge in [0.1, 0.15) is 20.0 Å². The third kappa shape index (κ3) is 2.19. The molecular formula is C13H12N2O2S3. The van der Waals surface area contributed by atoms with Crippen LogP contribution >= 0.6 is 35.7 Å². The molecule has 1 aromatic carbocycles. The van der Waals surface area contributed by atoms with Gasteiger partial charge in [-0.2, -0.15) is 0 Å². The number of thioether (sulfide) groups is 2. The topological polar surface area (TPSA) is 41.6 Å². The molecule has 0 spiro atoms. The molecule has 0 saturated carbocycles. The molecule has 0 aliphatic carbocycles. The lowest BCUT2D eigenvalue weighted by atomic mass is 10.2. The fourth-order valence-corrected chi connectivity index (χ4v) is 4.53. The molecule has 0 bridgehead atoms. The van der Waals surface area contributed by atoms with Crippen molar-refractivity contribution in [3.63, 3.8) is 0 Å². The molecule has 0 unspecified atom stereocenters. The zero-order chi connectivity index (χ0) is 14.3. The number of methoxy groups -OCH3 is 1. The summed E-state index contributed by atoms with van der Waals surface area (Å²) in [7, 11) is 1.65. The standard InChI is InChI=1S/C13H12N2O2S3/c1-3-15-8-6-7(17-2)4-5-9(8)19-12(15)10-11(16)14-13(18)20-10/h4-6H,3H2,1-2H3,(H,14,16,18)/b12-10-. The van der Waals surface area contributed by atoms with E-state index in [4.69, 9.17) is 17.0 Å². The van der Waals surface area contributed by atoms with Crippen LogP contribution in [0.2, 0.25) is 0 Å². The third-order valence-corrected chi connectivity index (χ3v) is 5.57. The predicted octanol–water partition coefficient (Wildman–Crippen LogP) is 2.94. The molecule has 104 valence electrons. The number of anilines is 1. The highest BCUT2D eigenvalue weighted by Gasteiger charge is 2.34. The molecule has 0 aromatic heterocycles. The van der Waals surface area contributed by atoms with Crippen molar-refractivity contribution >= 4 is 51.7 Å². The highest BCUT2D eigenvalue weighted by Crippen LogP contribution is 2.50.